The molecule has 0 saturated carbocycles. The quantitative estimate of drug-likeness (QED) is 0.626. The topological polar surface area (TPSA) is 20.2 Å². The van der Waals surface area contributed by atoms with Gasteiger partial charge in [-0.1, -0.05) is 31.1 Å². The van der Waals surface area contributed by atoms with Gasteiger partial charge in [0.25, 0.3) is 0 Å². The summed E-state index contributed by atoms with van der Waals surface area (Å²) >= 11 is 0. The smallest absolute Gasteiger partial charge is 0.0749 e. The summed E-state index contributed by atoms with van der Waals surface area (Å²) in [4.78, 5) is 0. The number of allylic oxidation sites excluding steroid dienone is 2. The third-order valence-corrected chi connectivity index (χ3v) is 2.08. The molecule has 0 aromatic rings. The van der Waals surface area contributed by atoms with Gasteiger partial charge in [-0.3, -0.25) is 0 Å². The molecule has 1 heteroatoms. The van der Waals surface area contributed by atoms with Crippen LogP contribution in [0.25, 0.3) is 0 Å². The fraction of sp³-hybridized carbons (Fsp3) is 0.636. The van der Waals surface area contributed by atoms with Gasteiger partial charge >= 0.3 is 0 Å². The van der Waals surface area contributed by atoms with Crippen molar-refractivity contribution in [1.29, 1.82) is 0 Å². The summed E-state index contributed by atoms with van der Waals surface area (Å²) in [7, 11) is 0. The van der Waals surface area contributed by atoms with Crippen LogP contribution in [0.15, 0.2) is 24.3 Å². The lowest BCUT2D eigenvalue weighted by Gasteiger charge is -2.16. The van der Waals surface area contributed by atoms with Crippen LogP contribution < -0.4 is 0 Å². The van der Waals surface area contributed by atoms with Crippen LogP contribution in [0.2, 0.25) is 0 Å². The Morgan fingerprint density at radius 2 is 2.08 bits per heavy atom. The van der Waals surface area contributed by atoms with Crippen molar-refractivity contribution in [2.75, 3.05) is 0 Å². The van der Waals surface area contributed by atoms with Crippen molar-refractivity contribution in [3.8, 4) is 0 Å². The van der Waals surface area contributed by atoms with E-state index in [1.54, 1.807) is 6.08 Å². The Hall–Kier alpha value is -0.560. The largest absolute Gasteiger partial charge is 0.389 e. The molecule has 1 nitrogen and oxygen atoms in total. The van der Waals surface area contributed by atoms with Crippen LogP contribution in [-0.2, 0) is 0 Å². The molecule has 0 bridgehead atoms. The van der Waals surface area contributed by atoms with E-state index in [1.807, 2.05) is 0 Å². The van der Waals surface area contributed by atoms with Gasteiger partial charge in [0.15, 0.2) is 0 Å². The predicted molar refractivity (Wildman–Crippen MR) is 54.0 cm³/mol. The molecular formula is C11H20O. The Morgan fingerprint density at radius 1 is 1.50 bits per heavy atom. The van der Waals surface area contributed by atoms with Crippen LogP contribution in [0.5, 0.6) is 0 Å². The minimum absolute atomic E-state index is 0.331. The van der Waals surface area contributed by atoms with Crippen LogP contribution in [0.1, 0.15) is 33.6 Å². The second-order valence-corrected chi connectivity index (χ2v) is 3.41. The summed E-state index contributed by atoms with van der Waals surface area (Å²) in [6.45, 7) is 9.83. The average molecular weight is 168 g/mol. The highest BCUT2D eigenvalue weighted by Crippen LogP contribution is 2.15. The molecule has 0 saturated heterocycles. The highest BCUT2D eigenvalue weighted by molar-refractivity contribution is 4.96. The zero-order chi connectivity index (χ0) is 9.56. The molecule has 0 aromatic heterocycles. The number of hydrogen-bond acceptors (Lipinski definition) is 1. The summed E-state index contributed by atoms with van der Waals surface area (Å²) < 4.78 is 0. The molecule has 0 spiro atoms. The number of hydrogen-bond donors (Lipinski definition) is 1. The molecule has 0 radical (unpaired) electrons. The lowest BCUT2D eigenvalue weighted by Crippen LogP contribution is -2.16. The monoisotopic (exact) mass is 168 g/mol. The highest BCUT2D eigenvalue weighted by atomic mass is 16.3. The van der Waals surface area contributed by atoms with Gasteiger partial charge in [0.2, 0.25) is 0 Å². The first-order valence-electron chi connectivity index (χ1n) is 4.55. The Kier molecular flexibility index (Phi) is 5.73. The number of aliphatic hydroxyl groups is 1. The molecule has 12 heavy (non-hydrogen) atoms. The van der Waals surface area contributed by atoms with E-state index >= 15 is 0 Å². The van der Waals surface area contributed by atoms with E-state index in [0.29, 0.717) is 5.92 Å². The Morgan fingerprint density at radius 3 is 2.42 bits per heavy atom. The molecular weight excluding hydrogens is 148 g/mol. The Labute approximate surface area is 75.8 Å². The molecule has 0 rings (SSSR count). The molecule has 2 atom stereocenters. The van der Waals surface area contributed by atoms with Crippen LogP contribution >= 0.6 is 0 Å². The van der Waals surface area contributed by atoms with Gasteiger partial charge in [-0.15, -0.1) is 6.58 Å². The van der Waals surface area contributed by atoms with Crippen molar-refractivity contribution in [3.05, 3.63) is 24.3 Å². The standard InChI is InChI=1S/C11H20O/c1-5-10(11(12)6-2)8-7-9(3)4/h6-7,10-12H,2,5,8H2,1,3-4H3. The maximum atomic E-state index is 9.48. The SMILES string of the molecule is C=CC(O)C(CC)CC=C(C)C. The van der Waals surface area contributed by atoms with Gasteiger partial charge < -0.3 is 5.11 Å². The zero-order valence-corrected chi connectivity index (χ0v) is 8.38. The van der Waals surface area contributed by atoms with E-state index in [2.05, 4.69) is 33.4 Å². The van der Waals surface area contributed by atoms with E-state index in [0.717, 1.165) is 12.8 Å². The van der Waals surface area contributed by atoms with E-state index in [9.17, 15) is 5.11 Å². The van der Waals surface area contributed by atoms with E-state index in [-0.39, 0.29) is 6.10 Å². The highest BCUT2D eigenvalue weighted by Gasteiger charge is 2.11. The van der Waals surface area contributed by atoms with E-state index < -0.39 is 0 Å². The van der Waals surface area contributed by atoms with Gasteiger partial charge in [-0.2, -0.15) is 0 Å². The summed E-state index contributed by atoms with van der Waals surface area (Å²) in [6, 6.07) is 0. The molecule has 0 aliphatic heterocycles. The van der Waals surface area contributed by atoms with Crippen molar-refractivity contribution in [2.45, 2.75) is 39.7 Å². The summed E-state index contributed by atoms with van der Waals surface area (Å²) in [5, 5.41) is 9.48. The third kappa shape index (κ3) is 4.35. The second-order valence-electron chi connectivity index (χ2n) is 3.41. The molecule has 0 aromatic carbocycles. The van der Waals surface area contributed by atoms with Crippen LogP contribution in [0, 0.1) is 5.92 Å². The number of rotatable bonds is 5. The molecule has 0 aliphatic carbocycles. The first kappa shape index (κ1) is 11.4. The van der Waals surface area contributed by atoms with Gasteiger partial charge in [-0.05, 0) is 26.2 Å². The van der Waals surface area contributed by atoms with Crippen LogP contribution in [0.4, 0.5) is 0 Å². The van der Waals surface area contributed by atoms with Gasteiger partial charge in [0.1, 0.15) is 0 Å². The van der Waals surface area contributed by atoms with Crippen molar-refractivity contribution in [1.82, 2.24) is 0 Å². The maximum Gasteiger partial charge on any atom is 0.0749 e. The fourth-order valence-corrected chi connectivity index (χ4v) is 1.13. The fourth-order valence-electron chi connectivity index (χ4n) is 1.13. The molecule has 0 heterocycles. The van der Waals surface area contributed by atoms with Gasteiger partial charge in [-0.25, -0.2) is 0 Å². The van der Waals surface area contributed by atoms with Crippen molar-refractivity contribution >= 4 is 0 Å². The molecule has 0 aliphatic rings. The third-order valence-electron chi connectivity index (χ3n) is 2.08. The molecule has 1 N–H and O–H groups in total. The van der Waals surface area contributed by atoms with E-state index in [4.69, 9.17) is 0 Å². The number of aliphatic hydroxyl groups excluding tert-OH is 1. The van der Waals surface area contributed by atoms with Crippen molar-refractivity contribution in [2.24, 2.45) is 5.92 Å². The van der Waals surface area contributed by atoms with Gasteiger partial charge in [0, 0.05) is 0 Å². The van der Waals surface area contributed by atoms with E-state index in [1.165, 1.54) is 5.57 Å². The summed E-state index contributed by atoms with van der Waals surface area (Å²) in [6.07, 6.45) is 5.38. The Balaban J connectivity index is 3.99. The molecule has 0 fully saturated rings. The zero-order valence-electron chi connectivity index (χ0n) is 8.38. The maximum absolute atomic E-state index is 9.48. The average Bonchev–Trinajstić information content (AvgIpc) is 2.04. The minimum atomic E-state index is -0.356. The molecule has 0 amide bonds. The van der Waals surface area contributed by atoms with Gasteiger partial charge in [0.05, 0.1) is 6.10 Å². The summed E-state index contributed by atoms with van der Waals surface area (Å²) in [5.41, 5.74) is 1.31. The molecule has 2 unspecified atom stereocenters. The lowest BCUT2D eigenvalue weighted by atomic mass is 9.95. The first-order chi connectivity index (χ1) is 5.61. The van der Waals surface area contributed by atoms with Crippen LogP contribution in [-0.4, -0.2) is 11.2 Å². The van der Waals surface area contributed by atoms with Crippen molar-refractivity contribution < 1.29 is 5.11 Å². The normalized spacial score (nSPS) is 15.0. The van der Waals surface area contributed by atoms with Crippen molar-refractivity contribution in [3.63, 3.8) is 0 Å². The molecule has 70 valence electrons. The lowest BCUT2D eigenvalue weighted by molar-refractivity contribution is 0.151. The second kappa shape index (κ2) is 6.01. The minimum Gasteiger partial charge on any atom is -0.389 e. The Bertz CT molecular complexity index is 154. The predicted octanol–water partition coefficient (Wildman–Crippen LogP) is 2.92. The van der Waals surface area contributed by atoms with Crippen LogP contribution in [0.3, 0.4) is 0 Å². The first-order valence-corrected chi connectivity index (χ1v) is 4.55. The summed E-state index contributed by atoms with van der Waals surface area (Å²) in [5.74, 6) is 0.331.